The van der Waals surface area contributed by atoms with E-state index in [9.17, 15) is 13.5 Å². The maximum atomic E-state index is 12.8. The van der Waals surface area contributed by atoms with Gasteiger partial charge in [0.1, 0.15) is 0 Å². The van der Waals surface area contributed by atoms with Crippen LogP contribution in [0, 0.1) is 0 Å². The van der Waals surface area contributed by atoms with E-state index in [2.05, 4.69) is 29.8 Å². The zero-order valence-electron chi connectivity index (χ0n) is 12.2. The molecule has 4 nitrogen and oxygen atoms in total. The molecule has 0 amide bonds. The summed E-state index contributed by atoms with van der Waals surface area (Å²) >= 11 is 5.12. The van der Waals surface area contributed by atoms with Crippen LogP contribution in [0.25, 0.3) is 0 Å². The number of hydrogen-bond acceptors (Lipinski definition) is 4. The summed E-state index contributed by atoms with van der Waals surface area (Å²) in [6.07, 6.45) is 0.828. The first-order chi connectivity index (χ1) is 9.76. The summed E-state index contributed by atoms with van der Waals surface area (Å²) in [5.41, 5.74) is 0.598. The molecule has 0 saturated carbocycles. The predicted octanol–water partition coefficient (Wildman–Crippen LogP) is 2.85. The third-order valence-corrected chi connectivity index (χ3v) is 7.86. The second-order valence-corrected chi connectivity index (χ2v) is 10.2. The van der Waals surface area contributed by atoms with Gasteiger partial charge in [-0.15, -0.1) is 0 Å². The number of aliphatic hydroxyl groups is 1. The van der Waals surface area contributed by atoms with Gasteiger partial charge in [0.2, 0.25) is 10.0 Å². The Morgan fingerprint density at radius 3 is 2.76 bits per heavy atom. The lowest BCUT2D eigenvalue weighted by Crippen LogP contribution is -2.34. The molecule has 0 bridgehead atoms. The molecule has 1 aliphatic rings. The molecule has 1 aromatic carbocycles. The zero-order valence-corrected chi connectivity index (χ0v) is 15.4. The van der Waals surface area contributed by atoms with E-state index in [0.29, 0.717) is 23.1 Å². The lowest BCUT2D eigenvalue weighted by molar-refractivity contribution is 0.281. The second-order valence-electron chi connectivity index (χ2n) is 5.69. The van der Waals surface area contributed by atoms with E-state index < -0.39 is 10.0 Å². The molecule has 1 N–H and O–H groups in total. The highest BCUT2D eigenvalue weighted by Crippen LogP contribution is 2.33. The number of nitrogens with zero attached hydrogens (tertiary/aromatic N) is 1. The minimum Gasteiger partial charge on any atom is -0.392 e. The van der Waals surface area contributed by atoms with Crippen LogP contribution in [-0.4, -0.2) is 41.4 Å². The van der Waals surface area contributed by atoms with Crippen LogP contribution in [0.2, 0.25) is 0 Å². The average molecular weight is 394 g/mol. The number of hydrogen-bond donors (Lipinski definition) is 1. The maximum absolute atomic E-state index is 12.8. The Kier molecular flexibility index (Phi) is 5.41. The molecule has 118 valence electrons. The standard InChI is InChI=1S/C14H20BrNO3S2/c1-14(2)5-6-16(7-8-20-14)21(18,19)13-9-11(10-17)3-4-12(13)15/h3-4,9,17H,5-8,10H2,1-2H3. The van der Waals surface area contributed by atoms with E-state index in [-0.39, 0.29) is 16.2 Å². The molecule has 1 aromatic rings. The van der Waals surface area contributed by atoms with Gasteiger partial charge in [0.25, 0.3) is 0 Å². The normalized spacial score (nSPS) is 20.2. The molecule has 0 spiro atoms. The molecule has 0 atom stereocenters. The van der Waals surface area contributed by atoms with Gasteiger partial charge in [-0.05, 0) is 40.0 Å². The highest BCUT2D eigenvalue weighted by molar-refractivity contribution is 9.10. The summed E-state index contributed by atoms with van der Waals surface area (Å²) in [4.78, 5) is 0.235. The fourth-order valence-electron chi connectivity index (χ4n) is 2.22. The number of sulfonamides is 1. The van der Waals surface area contributed by atoms with Crippen LogP contribution in [0.1, 0.15) is 25.8 Å². The molecule has 2 rings (SSSR count). The molecule has 0 aliphatic carbocycles. The topological polar surface area (TPSA) is 57.6 Å². The van der Waals surface area contributed by atoms with E-state index in [1.807, 2.05) is 11.8 Å². The molecule has 1 fully saturated rings. The van der Waals surface area contributed by atoms with Crippen LogP contribution < -0.4 is 0 Å². The number of thioether (sulfide) groups is 1. The molecular weight excluding hydrogens is 374 g/mol. The molecule has 7 heteroatoms. The molecule has 0 unspecified atom stereocenters. The van der Waals surface area contributed by atoms with Crippen LogP contribution in [0.5, 0.6) is 0 Å². The minimum absolute atomic E-state index is 0.106. The average Bonchev–Trinajstić information content (AvgIpc) is 2.60. The van der Waals surface area contributed by atoms with Crippen LogP contribution in [0.15, 0.2) is 27.6 Å². The van der Waals surface area contributed by atoms with E-state index >= 15 is 0 Å². The molecular formula is C14H20BrNO3S2. The first kappa shape index (κ1) is 17.3. The molecule has 0 aromatic heterocycles. The van der Waals surface area contributed by atoms with Gasteiger partial charge in [-0.3, -0.25) is 0 Å². The van der Waals surface area contributed by atoms with Gasteiger partial charge in [0.05, 0.1) is 11.5 Å². The molecule has 1 aliphatic heterocycles. The SMILES string of the molecule is CC1(C)CCN(S(=O)(=O)c2cc(CO)ccc2Br)CCS1. The van der Waals surface area contributed by atoms with Crippen molar-refractivity contribution in [2.75, 3.05) is 18.8 Å². The highest BCUT2D eigenvalue weighted by atomic mass is 79.9. The Bertz CT molecular complexity index is 617. The van der Waals surface area contributed by atoms with Crippen LogP contribution in [0.3, 0.4) is 0 Å². The summed E-state index contributed by atoms with van der Waals surface area (Å²) in [5.74, 6) is 0.795. The fourth-order valence-corrected chi connectivity index (χ4v) is 5.86. The number of rotatable bonds is 3. The van der Waals surface area contributed by atoms with Gasteiger partial charge in [-0.2, -0.15) is 16.1 Å². The van der Waals surface area contributed by atoms with Gasteiger partial charge < -0.3 is 5.11 Å². The Morgan fingerprint density at radius 2 is 2.10 bits per heavy atom. The van der Waals surface area contributed by atoms with Crippen molar-refractivity contribution in [1.29, 1.82) is 0 Å². The summed E-state index contributed by atoms with van der Waals surface area (Å²) in [7, 11) is -3.54. The maximum Gasteiger partial charge on any atom is 0.244 e. The lowest BCUT2D eigenvalue weighted by Gasteiger charge is -2.23. The van der Waals surface area contributed by atoms with Crippen molar-refractivity contribution in [1.82, 2.24) is 4.31 Å². The second kappa shape index (κ2) is 6.58. The number of aliphatic hydroxyl groups excluding tert-OH is 1. The van der Waals surface area contributed by atoms with Crippen LogP contribution >= 0.6 is 27.7 Å². The molecule has 1 heterocycles. The monoisotopic (exact) mass is 393 g/mol. The van der Waals surface area contributed by atoms with Gasteiger partial charge in [0.15, 0.2) is 0 Å². The first-order valence-corrected chi connectivity index (χ1v) is 10.0. The van der Waals surface area contributed by atoms with Crippen molar-refractivity contribution >= 4 is 37.7 Å². The zero-order chi connectivity index (χ0) is 15.7. The quantitative estimate of drug-likeness (QED) is 0.857. The summed E-state index contributed by atoms with van der Waals surface area (Å²) in [6, 6.07) is 4.93. The first-order valence-electron chi connectivity index (χ1n) is 6.80. The van der Waals surface area contributed by atoms with E-state index in [1.54, 1.807) is 22.5 Å². The van der Waals surface area contributed by atoms with Crippen molar-refractivity contribution in [3.63, 3.8) is 0 Å². The number of halogens is 1. The largest absolute Gasteiger partial charge is 0.392 e. The van der Waals surface area contributed by atoms with Crippen LogP contribution in [-0.2, 0) is 16.6 Å². The Hall–Kier alpha value is -0.0800. The summed E-state index contributed by atoms with van der Waals surface area (Å²) < 4.78 is 27.9. The van der Waals surface area contributed by atoms with Gasteiger partial charge in [-0.1, -0.05) is 19.9 Å². The van der Waals surface area contributed by atoms with Crippen molar-refractivity contribution in [2.45, 2.75) is 36.5 Å². The fraction of sp³-hybridized carbons (Fsp3) is 0.571. The Balaban J connectivity index is 2.33. The van der Waals surface area contributed by atoms with Crippen molar-refractivity contribution in [2.24, 2.45) is 0 Å². The van der Waals surface area contributed by atoms with E-state index in [0.717, 1.165) is 12.2 Å². The minimum atomic E-state index is -3.54. The number of benzene rings is 1. The Morgan fingerprint density at radius 1 is 1.38 bits per heavy atom. The third kappa shape index (κ3) is 4.01. The molecule has 0 radical (unpaired) electrons. The highest BCUT2D eigenvalue weighted by Gasteiger charge is 2.31. The van der Waals surface area contributed by atoms with Crippen molar-refractivity contribution in [3.05, 3.63) is 28.2 Å². The molecule has 1 saturated heterocycles. The van der Waals surface area contributed by atoms with Crippen molar-refractivity contribution < 1.29 is 13.5 Å². The van der Waals surface area contributed by atoms with Crippen LogP contribution in [0.4, 0.5) is 0 Å². The Labute approximate surface area is 139 Å². The van der Waals surface area contributed by atoms with Gasteiger partial charge in [0, 0.05) is 28.1 Å². The molecule has 21 heavy (non-hydrogen) atoms. The smallest absolute Gasteiger partial charge is 0.244 e. The summed E-state index contributed by atoms with van der Waals surface area (Å²) in [5, 5.41) is 9.22. The predicted molar refractivity (Wildman–Crippen MR) is 90.0 cm³/mol. The van der Waals surface area contributed by atoms with Crippen molar-refractivity contribution in [3.8, 4) is 0 Å². The van der Waals surface area contributed by atoms with Gasteiger partial charge in [-0.25, -0.2) is 8.42 Å². The third-order valence-electron chi connectivity index (χ3n) is 3.59. The van der Waals surface area contributed by atoms with E-state index in [4.69, 9.17) is 0 Å². The lowest BCUT2D eigenvalue weighted by atomic mass is 10.1. The van der Waals surface area contributed by atoms with E-state index in [1.165, 1.54) is 0 Å². The van der Waals surface area contributed by atoms with Gasteiger partial charge >= 0.3 is 0 Å². The summed E-state index contributed by atoms with van der Waals surface area (Å²) in [6.45, 7) is 5.18.